The summed E-state index contributed by atoms with van der Waals surface area (Å²) in [6, 6.07) is 5.66. The largest absolute Gasteiger partial charge is 0.395 e. The predicted octanol–water partition coefficient (Wildman–Crippen LogP) is -0.740. The van der Waals surface area contributed by atoms with Crippen LogP contribution in [0.3, 0.4) is 0 Å². The molecule has 4 N–H and O–H groups in total. The topological polar surface area (TPSA) is 111 Å². The van der Waals surface area contributed by atoms with E-state index in [1.54, 1.807) is 4.90 Å². The van der Waals surface area contributed by atoms with Crippen molar-refractivity contribution < 1.29 is 19.5 Å². The van der Waals surface area contributed by atoms with Gasteiger partial charge in [-0.2, -0.15) is 0 Å². The summed E-state index contributed by atoms with van der Waals surface area (Å²) in [5, 5.41) is 18.3. The van der Waals surface area contributed by atoms with E-state index < -0.39 is 6.04 Å². The van der Waals surface area contributed by atoms with Crippen molar-refractivity contribution in [2.45, 2.75) is 50.5 Å². The molecule has 4 rings (SSSR count). The highest BCUT2D eigenvalue weighted by Crippen LogP contribution is 2.28. The lowest BCUT2D eigenvalue weighted by molar-refractivity contribution is -0.136. The van der Waals surface area contributed by atoms with Crippen LogP contribution < -0.4 is 16.0 Å². The van der Waals surface area contributed by atoms with Crippen LogP contribution in [0.2, 0.25) is 0 Å². The van der Waals surface area contributed by atoms with Gasteiger partial charge in [-0.15, -0.1) is 0 Å². The molecule has 0 aliphatic carbocycles. The molecule has 0 spiro atoms. The summed E-state index contributed by atoms with van der Waals surface area (Å²) >= 11 is 0. The van der Waals surface area contributed by atoms with Crippen LogP contribution in [0.4, 0.5) is 0 Å². The van der Waals surface area contributed by atoms with E-state index in [9.17, 15) is 19.5 Å². The molecule has 1 unspecified atom stereocenters. The number of hydrogen-bond acceptors (Lipinski definition) is 6. The van der Waals surface area contributed by atoms with Gasteiger partial charge in [0.05, 0.1) is 6.61 Å². The maximum absolute atomic E-state index is 12.7. The molecule has 2 fully saturated rings. The number of nitrogens with zero attached hydrogens (tertiary/aromatic N) is 1. The molecule has 144 valence electrons. The number of rotatable bonds is 5. The number of nitrogens with one attached hydrogen (secondary N) is 3. The second-order valence-electron chi connectivity index (χ2n) is 7.49. The van der Waals surface area contributed by atoms with Gasteiger partial charge in [0.1, 0.15) is 6.04 Å². The Labute approximate surface area is 157 Å². The van der Waals surface area contributed by atoms with Crippen molar-refractivity contribution in [1.29, 1.82) is 0 Å². The number of amides is 3. The molecule has 0 radical (unpaired) electrons. The zero-order chi connectivity index (χ0) is 19.0. The standard InChI is InChI=1S/C19H24N4O4/c24-10-14-6-13(8-21-14)20-7-11-1-2-15-12(5-11)9-23(19(15)27)16-3-4-17(25)22-18(16)26/h1-2,5,13-14,16,20-21,24H,3-4,6-10H2,(H,22,25,26)/t13-,14-,16?/m1/s1. The number of aliphatic hydroxyl groups excluding tert-OH is 1. The minimum atomic E-state index is -0.579. The Hall–Kier alpha value is -2.29. The zero-order valence-electron chi connectivity index (χ0n) is 15.0. The lowest BCUT2D eigenvalue weighted by Gasteiger charge is -2.29. The molecule has 3 atom stereocenters. The molecule has 0 saturated carbocycles. The summed E-state index contributed by atoms with van der Waals surface area (Å²) in [6.07, 6.45) is 1.53. The molecule has 2 saturated heterocycles. The average Bonchev–Trinajstić information content (AvgIpc) is 3.24. The van der Waals surface area contributed by atoms with Gasteiger partial charge in [0.2, 0.25) is 11.8 Å². The Morgan fingerprint density at radius 3 is 2.85 bits per heavy atom. The highest BCUT2D eigenvalue weighted by atomic mass is 16.3. The third kappa shape index (κ3) is 3.60. The SMILES string of the molecule is O=C1CCC(N2Cc3cc(CN[C@H]4CN[C@@H](CO)C4)ccc3C2=O)C(=O)N1. The smallest absolute Gasteiger partial charge is 0.255 e. The van der Waals surface area contributed by atoms with Gasteiger partial charge in [0, 0.05) is 43.7 Å². The van der Waals surface area contributed by atoms with Crippen LogP contribution in [0.1, 0.15) is 40.7 Å². The van der Waals surface area contributed by atoms with Gasteiger partial charge in [-0.1, -0.05) is 12.1 Å². The number of fused-ring (bicyclic) bond motifs is 1. The molecule has 8 heteroatoms. The van der Waals surface area contributed by atoms with Crippen molar-refractivity contribution in [1.82, 2.24) is 20.9 Å². The summed E-state index contributed by atoms with van der Waals surface area (Å²) in [5.74, 6) is -0.815. The van der Waals surface area contributed by atoms with Gasteiger partial charge in [0.25, 0.3) is 5.91 Å². The maximum Gasteiger partial charge on any atom is 0.255 e. The first-order valence-corrected chi connectivity index (χ1v) is 9.39. The molecular formula is C19H24N4O4. The molecule has 3 aliphatic heterocycles. The third-order valence-electron chi connectivity index (χ3n) is 5.63. The second kappa shape index (κ2) is 7.38. The van der Waals surface area contributed by atoms with E-state index in [1.807, 2.05) is 18.2 Å². The summed E-state index contributed by atoms with van der Waals surface area (Å²) in [6.45, 7) is 2.06. The van der Waals surface area contributed by atoms with E-state index in [1.165, 1.54) is 0 Å². The van der Waals surface area contributed by atoms with Crippen molar-refractivity contribution in [3.63, 3.8) is 0 Å². The Balaban J connectivity index is 1.40. The minimum Gasteiger partial charge on any atom is -0.395 e. The molecule has 0 aromatic heterocycles. The first kappa shape index (κ1) is 18.1. The van der Waals surface area contributed by atoms with Crippen LogP contribution >= 0.6 is 0 Å². The van der Waals surface area contributed by atoms with Crippen molar-refractivity contribution >= 4 is 17.7 Å². The molecule has 0 bridgehead atoms. The Bertz CT molecular complexity index is 781. The molecule has 3 heterocycles. The molecule has 8 nitrogen and oxygen atoms in total. The first-order chi connectivity index (χ1) is 13.0. The first-order valence-electron chi connectivity index (χ1n) is 9.39. The predicted molar refractivity (Wildman–Crippen MR) is 96.6 cm³/mol. The number of imide groups is 1. The minimum absolute atomic E-state index is 0.148. The summed E-state index contributed by atoms with van der Waals surface area (Å²) in [4.78, 5) is 37.7. The number of carbonyl (C=O) groups is 3. The van der Waals surface area contributed by atoms with E-state index >= 15 is 0 Å². The quantitative estimate of drug-likeness (QED) is 0.507. The lowest BCUT2D eigenvalue weighted by atomic mass is 10.0. The lowest BCUT2D eigenvalue weighted by Crippen LogP contribution is -2.52. The van der Waals surface area contributed by atoms with Crippen LogP contribution in [0.15, 0.2) is 18.2 Å². The molecule has 1 aromatic rings. The summed E-state index contributed by atoms with van der Waals surface area (Å²) < 4.78 is 0. The average molecular weight is 372 g/mol. The molecular weight excluding hydrogens is 348 g/mol. The van der Waals surface area contributed by atoms with Crippen molar-refractivity contribution in [2.24, 2.45) is 0 Å². The van der Waals surface area contributed by atoms with Crippen LogP contribution in [0, 0.1) is 0 Å². The van der Waals surface area contributed by atoms with E-state index in [4.69, 9.17) is 0 Å². The van der Waals surface area contributed by atoms with Gasteiger partial charge in [-0.25, -0.2) is 0 Å². The van der Waals surface area contributed by atoms with Gasteiger partial charge >= 0.3 is 0 Å². The van der Waals surface area contributed by atoms with Crippen LogP contribution in [0.5, 0.6) is 0 Å². The monoisotopic (exact) mass is 372 g/mol. The second-order valence-corrected chi connectivity index (χ2v) is 7.49. The van der Waals surface area contributed by atoms with E-state index in [2.05, 4.69) is 16.0 Å². The van der Waals surface area contributed by atoms with Gasteiger partial charge in [0.15, 0.2) is 0 Å². The highest BCUT2D eigenvalue weighted by Gasteiger charge is 2.39. The van der Waals surface area contributed by atoms with E-state index in [-0.39, 0.29) is 36.8 Å². The highest BCUT2D eigenvalue weighted by molar-refractivity contribution is 6.05. The third-order valence-corrected chi connectivity index (χ3v) is 5.63. The molecule has 3 amide bonds. The molecule has 3 aliphatic rings. The Morgan fingerprint density at radius 2 is 2.11 bits per heavy atom. The van der Waals surface area contributed by atoms with Crippen molar-refractivity contribution in [2.75, 3.05) is 13.2 Å². The molecule has 1 aromatic carbocycles. The number of aliphatic hydroxyl groups is 1. The van der Waals surface area contributed by atoms with Gasteiger partial charge in [-0.3, -0.25) is 19.7 Å². The fraction of sp³-hybridized carbons (Fsp3) is 0.526. The van der Waals surface area contributed by atoms with Crippen LogP contribution in [0.25, 0.3) is 0 Å². The fourth-order valence-electron chi connectivity index (χ4n) is 4.11. The number of benzene rings is 1. The zero-order valence-corrected chi connectivity index (χ0v) is 15.0. The number of piperidine rings is 1. The number of hydrogen-bond donors (Lipinski definition) is 4. The number of carbonyl (C=O) groups excluding carboxylic acids is 3. The Morgan fingerprint density at radius 1 is 1.26 bits per heavy atom. The van der Waals surface area contributed by atoms with Crippen molar-refractivity contribution in [3.8, 4) is 0 Å². The molecule has 27 heavy (non-hydrogen) atoms. The fourth-order valence-corrected chi connectivity index (χ4v) is 4.11. The van der Waals surface area contributed by atoms with Crippen LogP contribution in [-0.2, 0) is 22.7 Å². The van der Waals surface area contributed by atoms with E-state index in [0.29, 0.717) is 31.1 Å². The van der Waals surface area contributed by atoms with Gasteiger partial charge < -0.3 is 20.6 Å². The maximum atomic E-state index is 12.7. The normalized spacial score (nSPS) is 27.8. The van der Waals surface area contributed by atoms with Crippen LogP contribution in [-0.4, -0.2) is 59.0 Å². The summed E-state index contributed by atoms with van der Waals surface area (Å²) in [5.41, 5.74) is 2.63. The van der Waals surface area contributed by atoms with Crippen molar-refractivity contribution in [3.05, 3.63) is 34.9 Å². The Kier molecular flexibility index (Phi) is 4.94. The summed E-state index contributed by atoms with van der Waals surface area (Å²) in [7, 11) is 0. The van der Waals surface area contributed by atoms with E-state index in [0.717, 1.165) is 24.1 Å². The van der Waals surface area contributed by atoms with Gasteiger partial charge in [-0.05, 0) is 30.0 Å².